The van der Waals surface area contributed by atoms with Crippen molar-refractivity contribution in [3.05, 3.63) is 77.7 Å². The first-order valence-corrected chi connectivity index (χ1v) is 7.50. The Morgan fingerprint density at radius 1 is 1.14 bits per heavy atom. The number of aliphatic hydroxyl groups is 1. The number of hydrogen-bond acceptors (Lipinski definition) is 3. The van der Waals surface area contributed by atoms with Crippen LogP contribution in [0.3, 0.4) is 0 Å². The van der Waals surface area contributed by atoms with Crippen molar-refractivity contribution in [2.45, 2.75) is 5.60 Å². The van der Waals surface area contributed by atoms with E-state index in [9.17, 15) is 5.11 Å². The number of rotatable bonds is 2. The molecule has 2 aromatic rings. The van der Waals surface area contributed by atoms with E-state index >= 15 is 0 Å². The molecule has 3 aliphatic heterocycles. The van der Waals surface area contributed by atoms with Crippen molar-refractivity contribution in [3.63, 3.8) is 0 Å². The van der Waals surface area contributed by atoms with Crippen molar-refractivity contribution in [2.24, 2.45) is 0 Å². The van der Waals surface area contributed by atoms with E-state index in [2.05, 4.69) is 53.6 Å². The van der Waals surface area contributed by atoms with E-state index < -0.39 is 5.60 Å². The molecule has 108 valence electrons. The zero-order chi connectivity index (χ0) is 14.7. The molecular formula is C19H15NO2. The smallest absolute Gasteiger partial charge is 0.177 e. The van der Waals surface area contributed by atoms with E-state index in [1.165, 1.54) is 22.0 Å². The normalized spacial score (nSPS) is 25.0. The minimum absolute atomic E-state index is 0.0221. The fourth-order valence-electron chi connectivity index (χ4n) is 3.68. The van der Waals surface area contributed by atoms with Gasteiger partial charge in [-0.3, -0.25) is 0 Å². The van der Waals surface area contributed by atoms with E-state index in [1.54, 1.807) is 0 Å². The molecule has 2 bridgehead atoms. The van der Waals surface area contributed by atoms with Gasteiger partial charge in [0.2, 0.25) is 0 Å². The zero-order valence-corrected chi connectivity index (χ0v) is 12.0. The van der Waals surface area contributed by atoms with Crippen LogP contribution < -0.4 is 4.90 Å². The highest BCUT2D eigenvalue weighted by atomic mass is 16.5. The summed E-state index contributed by atoms with van der Waals surface area (Å²) in [6.45, 7) is 0.774. The van der Waals surface area contributed by atoms with E-state index in [0.717, 1.165) is 17.9 Å². The van der Waals surface area contributed by atoms with Crippen LogP contribution in [-0.2, 0) is 4.74 Å². The second-order valence-corrected chi connectivity index (χ2v) is 5.99. The molecule has 1 unspecified atom stereocenters. The van der Waals surface area contributed by atoms with Gasteiger partial charge in [0, 0.05) is 28.4 Å². The van der Waals surface area contributed by atoms with E-state index in [-0.39, 0.29) is 6.61 Å². The number of hydrogen-bond donors (Lipinski definition) is 1. The lowest BCUT2D eigenvalue weighted by Crippen LogP contribution is -2.30. The van der Waals surface area contributed by atoms with Crippen molar-refractivity contribution in [1.82, 2.24) is 0 Å². The highest BCUT2D eigenvalue weighted by molar-refractivity contribution is 5.95. The molecule has 3 aliphatic rings. The number of ether oxygens (including phenoxy) is 1. The maximum absolute atomic E-state index is 9.76. The van der Waals surface area contributed by atoms with E-state index in [1.807, 2.05) is 12.2 Å². The molecule has 1 atom stereocenters. The highest BCUT2D eigenvalue weighted by Crippen LogP contribution is 2.49. The molecule has 0 radical (unpaired) electrons. The molecule has 0 saturated carbocycles. The topological polar surface area (TPSA) is 32.7 Å². The fourth-order valence-corrected chi connectivity index (χ4v) is 3.68. The van der Waals surface area contributed by atoms with Crippen LogP contribution in [0.2, 0.25) is 0 Å². The van der Waals surface area contributed by atoms with Crippen LogP contribution >= 0.6 is 0 Å². The van der Waals surface area contributed by atoms with Gasteiger partial charge < -0.3 is 14.7 Å². The van der Waals surface area contributed by atoms with Crippen molar-refractivity contribution in [2.75, 3.05) is 18.1 Å². The van der Waals surface area contributed by atoms with Crippen molar-refractivity contribution in [1.29, 1.82) is 0 Å². The molecule has 3 heterocycles. The lowest BCUT2D eigenvalue weighted by atomic mass is 9.89. The van der Waals surface area contributed by atoms with Crippen LogP contribution in [0.5, 0.6) is 0 Å². The molecular weight excluding hydrogens is 274 g/mol. The van der Waals surface area contributed by atoms with Gasteiger partial charge >= 0.3 is 0 Å². The Bertz CT molecular complexity index is 888. The van der Waals surface area contributed by atoms with Crippen molar-refractivity contribution >= 4 is 16.5 Å². The number of nitrogens with zero attached hydrogens (tertiary/aromatic N) is 1. The zero-order valence-electron chi connectivity index (χ0n) is 12.0. The standard InChI is InChI=1S/C19H15NO2/c21-12-19-9-8-18(22-19)15-10-20(11-16(15)19)17-7-3-5-13-4-1-2-6-14(13)17/h1-9,11,21H,10,12H2. The lowest BCUT2D eigenvalue weighted by molar-refractivity contribution is 0.0569. The molecule has 0 aliphatic carbocycles. The van der Waals surface area contributed by atoms with Crippen molar-refractivity contribution < 1.29 is 9.84 Å². The molecule has 0 saturated heterocycles. The predicted molar refractivity (Wildman–Crippen MR) is 86.4 cm³/mol. The van der Waals surface area contributed by atoms with Crippen LogP contribution in [-0.4, -0.2) is 23.9 Å². The molecule has 0 amide bonds. The number of anilines is 1. The maximum atomic E-state index is 9.76. The van der Waals surface area contributed by atoms with Gasteiger partial charge in [-0.25, -0.2) is 0 Å². The number of allylic oxidation sites excluding steroid dienone is 1. The molecule has 0 spiro atoms. The fraction of sp³-hybridized carbons (Fsp3) is 0.158. The predicted octanol–water partition coefficient (Wildman–Crippen LogP) is 3.13. The first-order chi connectivity index (χ1) is 10.8. The number of aliphatic hydroxyl groups excluding tert-OH is 1. The summed E-state index contributed by atoms with van der Waals surface area (Å²) in [6.07, 6.45) is 6.07. The SMILES string of the molecule is OCC12C=CC(=C3CN(c4cccc5ccccc45)C=C31)O2. The quantitative estimate of drug-likeness (QED) is 0.922. The second-order valence-electron chi connectivity index (χ2n) is 5.99. The molecule has 3 heteroatoms. The summed E-state index contributed by atoms with van der Waals surface area (Å²) >= 11 is 0. The number of benzene rings is 2. The molecule has 0 aromatic heterocycles. The number of fused-ring (bicyclic) bond motifs is 5. The van der Waals surface area contributed by atoms with Crippen molar-refractivity contribution in [3.8, 4) is 0 Å². The summed E-state index contributed by atoms with van der Waals surface area (Å²) in [6, 6.07) is 14.8. The summed E-state index contributed by atoms with van der Waals surface area (Å²) in [4.78, 5) is 2.26. The Kier molecular flexibility index (Phi) is 2.20. The Labute approximate surface area is 128 Å². The summed E-state index contributed by atoms with van der Waals surface area (Å²) in [5.74, 6) is 0.906. The third-order valence-corrected chi connectivity index (χ3v) is 4.80. The van der Waals surface area contributed by atoms with Gasteiger partial charge in [0.1, 0.15) is 5.76 Å². The van der Waals surface area contributed by atoms with Gasteiger partial charge in [-0.1, -0.05) is 36.4 Å². The summed E-state index contributed by atoms with van der Waals surface area (Å²) in [5, 5.41) is 12.2. The Morgan fingerprint density at radius 2 is 2.00 bits per heavy atom. The third-order valence-electron chi connectivity index (χ3n) is 4.80. The molecule has 0 fully saturated rings. The van der Waals surface area contributed by atoms with Crippen LogP contribution in [0.15, 0.2) is 77.7 Å². The molecule has 2 aromatic carbocycles. The summed E-state index contributed by atoms with van der Waals surface area (Å²) < 4.78 is 5.87. The van der Waals surface area contributed by atoms with Gasteiger partial charge in [-0.15, -0.1) is 0 Å². The molecule has 5 rings (SSSR count). The van der Waals surface area contributed by atoms with E-state index in [0.29, 0.717) is 0 Å². The molecule has 1 N–H and O–H groups in total. The van der Waals surface area contributed by atoms with Gasteiger partial charge in [0.25, 0.3) is 0 Å². The average molecular weight is 289 g/mol. The average Bonchev–Trinajstić information content (AvgIpc) is 3.25. The van der Waals surface area contributed by atoms with Crippen LogP contribution in [0.4, 0.5) is 5.69 Å². The third kappa shape index (κ3) is 1.39. The molecule has 22 heavy (non-hydrogen) atoms. The minimum atomic E-state index is -0.649. The Hall–Kier alpha value is -2.52. The lowest BCUT2D eigenvalue weighted by Gasteiger charge is -2.22. The van der Waals surface area contributed by atoms with Gasteiger partial charge in [-0.05, 0) is 23.6 Å². The second kappa shape index (κ2) is 4.02. The minimum Gasteiger partial charge on any atom is -0.476 e. The van der Waals surface area contributed by atoms with Gasteiger partial charge in [-0.2, -0.15) is 0 Å². The Morgan fingerprint density at radius 3 is 2.91 bits per heavy atom. The summed E-state index contributed by atoms with van der Waals surface area (Å²) in [5.41, 5.74) is 2.84. The van der Waals surface area contributed by atoms with E-state index in [4.69, 9.17) is 4.74 Å². The van der Waals surface area contributed by atoms with Gasteiger partial charge in [0.15, 0.2) is 5.60 Å². The maximum Gasteiger partial charge on any atom is 0.177 e. The highest BCUT2D eigenvalue weighted by Gasteiger charge is 2.49. The van der Waals surface area contributed by atoms with Gasteiger partial charge in [0.05, 0.1) is 13.2 Å². The first kappa shape index (κ1) is 12.1. The largest absolute Gasteiger partial charge is 0.476 e. The van der Waals surface area contributed by atoms with Crippen LogP contribution in [0.25, 0.3) is 10.8 Å². The summed E-state index contributed by atoms with van der Waals surface area (Å²) in [7, 11) is 0. The Balaban J connectivity index is 1.65. The molecule has 3 nitrogen and oxygen atoms in total. The monoisotopic (exact) mass is 289 g/mol. The van der Waals surface area contributed by atoms with Crippen LogP contribution in [0, 0.1) is 0 Å². The first-order valence-electron chi connectivity index (χ1n) is 7.50. The van der Waals surface area contributed by atoms with Crippen LogP contribution in [0.1, 0.15) is 0 Å².